The Morgan fingerprint density at radius 1 is 0.574 bits per heavy atom. The number of nitrogens with zero attached hydrogens (tertiary/aromatic N) is 3. The zero-order valence-corrected chi connectivity index (χ0v) is 42.8. The van der Waals surface area contributed by atoms with Gasteiger partial charge in [-0.05, 0) is 50.2 Å². The van der Waals surface area contributed by atoms with Crippen LogP contribution >= 0.6 is 0 Å². The zero-order chi connectivity index (χ0) is 36.5. The van der Waals surface area contributed by atoms with Gasteiger partial charge in [0.1, 0.15) is 46.7 Å². The van der Waals surface area contributed by atoms with E-state index in [9.17, 15) is 49.8 Å². The molecule has 262 valence electrons. The molecule has 0 saturated heterocycles. The third-order valence-electron chi connectivity index (χ3n) is 6.68. The van der Waals surface area contributed by atoms with Crippen molar-refractivity contribution in [2.24, 2.45) is 0 Å². The number of ether oxygens (including phenoxy) is 4. The molecule has 17 nitrogen and oxygen atoms in total. The standard InChI is InChI=1S/C33H31N3O14.4K/c1-16(32(43)44)49-19-4-6-21(24(37)13-19)29-34-30(22-7-5-20(14-25(22)38)50-17(2)33(45)46)36-31(35-29)23-8-3-18(47-11-9-27(39)40)15-26(23)48-12-10-28(41)42;;;;/h3-8,13-17,37-38H,9-12H2,1-2H3,(H,39,40)(H,41,42)(H,43,44)(H,45,46);;;;/q;4*+1/p-4. The number of hydrogen-bond donors (Lipinski definition) is 2. The number of aromatic hydroxyl groups is 2. The molecular formula is C33H27K4N3O14. The second-order valence-electron chi connectivity index (χ2n) is 10.4. The van der Waals surface area contributed by atoms with E-state index in [-0.39, 0.29) is 276 Å². The van der Waals surface area contributed by atoms with Gasteiger partial charge in [0, 0.05) is 43.0 Å². The van der Waals surface area contributed by atoms with Gasteiger partial charge in [-0.3, -0.25) is 0 Å². The smallest absolute Gasteiger partial charge is 0.550 e. The normalized spacial score (nSPS) is 11.1. The molecule has 3 aromatic carbocycles. The van der Waals surface area contributed by atoms with E-state index >= 15 is 0 Å². The second-order valence-corrected chi connectivity index (χ2v) is 10.4. The van der Waals surface area contributed by atoms with Gasteiger partial charge in [0.15, 0.2) is 17.5 Å². The molecule has 54 heavy (non-hydrogen) atoms. The first-order valence-corrected chi connectivity index (χ1v) is 14.7. The van der Waals surface area contributed by atoms with E-state index in [0.29, 0.717) is 0 Å². The number of rotatable bonds is 17. The minimum Gasteiger partial charge on any atom is -0.550 e. The summed E-state index contributed by atoms with van der Waals surface area (Å²) in [4.78, 5) is 57.5. The van der Waals surface area contributed by atoms with Crippen molar-refractivity contribution >= 4 is 23.9 Å². The molecule has 4 aromatic rings. The Kier molecular flexibility index (Phi) is 26.0. The molecule has 0 spiro atoms. The van der Waals surface area contributed by atoms with E-state index in [2.05, 4.69) is 15.0 Å². The SMILES string of the molecule is CC(Oc1ccc(-c2nc(-c3ccc(OC(C)C(=O)[O-])cc3O)nc(-c3ccc(OCCC(=O)[O-])cc3OCCC(=O)[O-])n2)c(O)c1)C(=O)[O-].[K+].[K+].[K+].[K+]. The number of phenols is 2. The summed E-state index contributed by atoms with van der Waals surface area (Å²) in [6.07, 6.45) is -3.60. The summed E-state index contributed by atoms with van der Waals surface area (Å²) < 4.78 is 21.6. The van der Waals surface area contributed by atoms with Crippen LogP contribution in [0, 0.1) is 0 Å². The molecule has 2 unspecified atom stereocenters. The van der Waals surface area contributed by atoms with E-state index in [0.717, 1.165) is 12.1 Å². The maximum absolute atomic E-state index is 11.1. The molecular weight excluding hydrogens is 819 g/mol. The van der Waals surface area contributed by atoms with Crippen molar-refractivity contribution in [3.63, 3.8) is 0 Å². The van der Waals surface area contributed by atoms with Crippen LogP contribution in [0.2, 0.25) is 0 Å². The first kappa shape index (κ1) is 53.9. The first-order chi connectivity index (χ1) is 23.7. The van der Waals surface area contributed by atoms with Gasteiger partial charge in [-0.25, -0.2) is 15.0 Å². The number of phenolic OH excluding ortho intramolecular Hbond substituents is 2. The van der Waals surface area contributed by atoms with Crippen LogP contribution in [0.25, 0.3) is 34.2 Å². The second kappa shape index (κ2) is 26.1. The fourth-order valence-corrected chi connectivity index (χ4v) is 4.18. The van der Waals surface area contributed by atoms with Gasteiger partial charge >= 0.3 is 206 Å². The predicted molar refractivity (Wildman–Crippen MR) is 160 cm³/mol. The Morgan fingerprint density at radius 3 is 1.33 bits per heavy atom. The van der Waals surface area contributed by atoms with Crippen molar-refractivity contribution in [1.82, 2.24) is 15.0 Å². The van der Waals surface area contributed by atoms with E-state index in [4.69, 9.17) is 18.9 Å². The van der Waals surface area contributed by atoms with Gasteiger partial charge in [-0.1, -0.05) is 0 Å². The van der Waals surface area contributed by atoms with Gasteiger partial charge in [-0.15, -0.1) is 0 Å². The molecule has 1 aromatic heterocycles. The number of carboxylic acids is 4. The molecule has 21 heteroatoms. The molecule has 0 fully saturated rings. The molecule has 2 N–H and O–H groups in total. The van der Waals surface area contributed by atoms with Crippen molar-refractivity contribution in [3.8, 4) is 68.7 Å². The predicted octanol–water partition coefficient (Wildman–Crippen LogP) is -13.6. The number of carbonyl (C=O) groups is 4. The molecule has 0 aliphatic heterocycles. The summed E-state index contributed by atoms with van der Waals surface area (Å²) in [7, 11) is 0. The minimum absolute atomic E-state index is 0. The van der Waals surface area contributed by atoms with Crippen LogP contribution in [-0.4, -0.2) is 74.5 Å². The zero-order valence-electron chi connectivity index (χ0n) is 30.3. The Labute approximate surface area is 478 Å². The summed E-state index contributed by atoms with van der Waals surface area (Å²) in [6.45, 7) is 1.86. The summed E-state index contributed by atoms with van der Waals surface area (Å²) in [5.41, 5.74) is 0.157. The Bertz CT molecular complexity index is 1850. The van der Waals surface area contributed by atoms with E-state index < -0.39 is 60.4 Å². The fourth-order valence-electron chi connectivity index (χ4n) is 4.18. The van der Waals surface area contributed by atoms with Crippen LogP contribution in [0.1, 0.15) is 26.7 Å². The maximum atomic E-state index is 11.1. The Balaban J connectivity index is 0.00000702. The molecule has 4 rings (SSSR count). The summed E-state index contributed by atoms with van der Waals surface area (Å²) in [5, 5.41) is 66.0. The molecule has 0 saturated carbocycles. The van der Waals surface area contributed by atoms with Crippen molar-refractivity contribution in [2.45, 2.75) is 38.9 Å². The third kappa shape index (κ3) is 16.3. The molecule has 0 aliphatic rings. The first-order valence-electron chi connectivity index (χ1n) is 14.7. The van der Waals surface area contributed by atoms with Gasteiger partial charge in [0.2, 0.25) is 0 Å². The summed E-state index contributed by atoms with van der Waals surface area (Å²) >= 11 is 0. The van der Waals surface area contributed by atoms with Gasteiger partial charge in [-0.2, -0.15) is 0 Å². The van der Waals surface area contributed by atoms with E-state index in [1.165, 1.54) is 56.3 Å². The fraction of sp³-hybridized carbons (Fsp3) is 0.242. The van der Waals surface area contributed by atoms with E-state index in [1.807, 2.05) is 0 Å². The summed E-state index contributed by atoms with van der Waals surface area (Å²) in [5.74, 6) is -6.95. The third-order valence-corrected chi connectivity index (χ3v) is 6.68. The van der Waals surface area contributed by atoms with Crippen molar-refractivity contribution in [3.05, 3.63) is 54.6 Å². The van der Waals surface area contributed by atoms with Crippen LogP contribution in [0.15, 0.2) is 54.6 Å². The van der Waals surface area contributed by atoms with Gasteiger partial charge in [0.25, 0.3) is 0 Å². The quantitative estimate of drug-likeness (QED) is 0.0934. The van der Waals surface area contributed by atoms with Crippen LogP contribution in [0.3, 0.4) is 0 Å². The van der Waals surface area contributed by atoms with Crippen LogP contribution in [-0.2, 0) is 19.2 Å². The molecule has 0 radical (unpaired) electrons. The van der Waals surface area contributed by atoms with Crippen LogP contribution in [0.4, 0.5) is 0 Å². The molecule has 2 atom stereocenters. The minimum atomic E-state index is -1.49. The van der Waals surface area contributed by atoms with E-state index in [1.54, 1.807) is 0 Å². The average molecular weight is 846 g/mol. The number of carbonyl (C=O) groups excluding carboxylic acids is 4. The largest absolute Gasteiger partial charge is 1.00 e. The molecule has 1 heterocycles. The van der Waals surface area contributed by atoms with Crippen molar-refractivity contribution in [2.75, 3.05) is 13.2 Å². The van der Waals surface area contributed by atoms with Crippen molar-refractivity contribution in [1.29, 1.82) is 0 Å². The van der Waals surface area contributed by atoms with Crippen LogP contribution < -0.4 is 245 Å². The summed E-state index contributed by atoms with van der Waals surface area (Å²) in [6, 6.07) is 11.8. The number of aliphatic carboxylic acids is 4. The Hall–Kier alpha value is -0.105. The number of aromatic nitrogens is 3. The van der Waals surface area contributed by atoms with Gasteiger partial charge in [0.05, 0.1) is 41.8 Å². The van der Waals surface area contributed by atoms with Crippen LogP contribution in [0.5, 0.6) is 34.5 Å². The molecule has 0 aliphatic carbocycles. The van der Waals surface area contributed by atoms with Gasteiger partial charge < -0.3 is 68.8 Å². The number of carboxylic acid groups (broad SMARTS) is 4. The monoisotopic (exact) mass is 845 g/mol. The molecule has 0 bridgehead atoms. The number of hydrogen-bond acceptors (Lipinski definition) is 17. The maximum Gasteiger partial charge on any atom is 1.00 e. The average Bonchev–Trinajstić information content (AvgIpc) is 3.04. The topological polar surface area (TPSA) is 277 Å². The molecule has 0 amide bonds. The van der Waals surface area contributed by atoms with Crippen molar-refractivity contribution < 1.29 is 274 Å². The number of benzene rings is 3. The Morgan fingerprint density at radius 2 is 0.944 bits per heavy atom.